The molecule has 10 nitrogen and oxygen atoms in total. The van der Waals surface area contributed by atoms with Crippen LogP contribution in [0.4, 0.5) is 14.5 Å². The van der Waals surface area contributed by atoms with E-state index in [-0.39, 0.29) is 29.4 Å². The number of methoxy groups -OCH3 is 2. The fourth-order valence-corrected chi connectivity index (χ4v) is 6.41. The maximum absolute atomic E-state index is 14.0. The second-order valence-corrected chi connectivity index (χ2v) is 13.2. The number of sulfonamides is 1. The van der Waals surface area contributed by atoms with Gasteiger partial charge in [-0.1, -0.05) is 48.5 Å². The summed E-state index contributed by atoms with van der Waals surface area (Å²) in [7, 11) is -0.907. The minimum Gasteiger partial charge on any atom is -0.493 e. The lowest BCUT2D eigenvalue weighted by Gasteiger charge is -2.31. The number of nitrogens with one attached hydrogen (secondary N) is 2. The van der Waals surface area contributed by atoms with Gasteiger partial charge in [-0.05, 0) is 95.9 Å². The third kappa shape index (κ3) is 9.85. The summed E-state index contributed by atoms with van der Waals surface area (Å²) in [6.07, 6.45) is 0.466. The lowest BCUT2D eigenvalue weighted by molar-refractivity contribution is -0.143. The zero-order valence-corrected chi connectivity index (χ0v) is 29.2. The third-order valence-electron chi connectivity index (χ3n) is 8.02. The predicted octanol–water partition coefficient (Wildman–Crippen LogP) is 6.29. The van der Waals surface area contributed by atoms with Gasteiger partial charge < -0.3 is 24.4 Å². The lowest BCUT2D eigenvalue weighted by atomic mass is 10.0. The highest BCUT2D eigenvalue weighted by atomic mass is 32.2. The molecular formula is C39H37F2N3O7S. The van der Waals surface area contributed by atoms with Crippen molar-refractivity contribution >= 4 is 27.5 Å². The summed E-state index contributed by atoms with van der Waals surface area (Å²) in [4.78, 5) is 29.2. The average Bonchev–Trinajstić information content (AvgIpc) is 3.15. The van der Waals surface area contributed by atoms with E-state index in [0.717, 1.165) is 17.7 Å². The Bertz CT molecular complexity index is 2060. The van der Waals surface area contributed by atoms with E-state index in [2.05, 4.69) is 10.0 Å². The van der Waals surface area contributed by atoms with Crippen LogP contribution < -0.4 is 24.2 Å². The molecule has 5 rings (SSSR count). The summed E-state index contributed by atoms with van der Waals surface area (Å²) in [5, 5.41) is 2.95. The van der Waals surface area contributed by atoms with Crippen LogP contribution in [-0.4, -0.2) is 52.5 Å². The topological polar surface area (TPSA) is 123 Å². The Morgan fingerprint density at radius 3 is 2.00 bits per heavy atom. The summed E-state index contributed by atoms with van der Waals surface area (Å²) >= 11 is 0. The summed E-state index contributed by atoms with van der Waals surface area (Å²) in [6.45, 7) is -0.293. The molecule has 2 N–H and O–H groups in total. The van der Waals surface area contributed by atoms with Gasteiger partial charge in [0.1, 0.15) is 23.4 Å². The molecule has 5 aromatic rings. The zero-order chi connectivity index (χ0) is 37.1. The second kappa shape index (κ2) is 17.3. The van der Waals surface area contributed by atoms with Crippen molar-refractivity contribution in [1.29, 1.82) is 0 Å². The number of nitrogens with zero attached hydrogens (tertiary/aromatic N) is 1. The smallest absolute Gasteiger partial charge is 0.261 e. The van der Waals surface area contributed by atoms with Crippen LogP contribution in [0.15, 0.2) is 126 Å². The van der Waals surface area contributed by atoms with Gasteiger partial charge in [-0.3, -0.25) is 14.3 Å². The standard InChI is InChI=1S/C39H37F2N3O7S/c1-49-35-21-10-27(24-36(35)50-2)22-23-42-39(46)38(29-6-4-3-5-7-29)44(25-28-8-11-30(40)12-9-28)37(45)26-51-33-17-19-34(20-18-33)52(47,48)43-32-15-13-31(41)14-16-32/h3-21,24,38,43H,22-23,25-26H2,1-2H3,(H,42,46)/t38-/m1/s1. The maximum atomic E-state index is 14.0. The second-order valence-electron chi connectivity index (χ2n) is 11.6. The van der Waals surface area contributed by atoms with Crippen molar-refractivity contribution in [3.8, 4) is 17.2 Å². The number of hydrogen-bond donors (Lipinski definition) is 2. The number of carbonyl (C=O) groups is 2. The molecule has 0 radical (unpaired) electrons. The predicted molar refractivity (Wildman–Crippen MR) is 192 cm³/mol. The van der Waals surface area contributed by atoms with Crippen molar-refractivity contribution < 1.29 is 41.0 Å². The van der Waals surface area contributed by atoms with Crippen LogP contribution in [-0.2, 0) is 32.6 Å². The Labute approximate surface area is 301 Å². The molecule has 0 unspecified atom stereocenters. The first kappa shape index (κ1) is 37.3. The number of benzene rings is 5. The minimum absolute atomic E-state index is 0.0443. The molecule has 1 atom stereocenters. The molecule has 13 heteroatoms. The third-order valence-corrected chi connectivity index (χ3v) is 9.41. The van der Waals surface area contributed by atoms with E-state index in [4.69, 9.17) is 14.2 Å². The minimum atomic E-state index is -4.00. The molecule has 0 saturated carbocycles. The number of anilines is 1. The van der Waals surface area contributed by atoms with Crippen molar-refractivity contribution in [2.45, 2.75) is 23.9 Å². The Balaban J connectivity index is 1.33. The van der Waals surface area contributed by atoms with E-state index in [1.165, 1.54) is 65.6 Å². The maximum Gasteiger partial charge on any atom is 0.261 e. The van der Waals surface area contributed by atoms with Gasteiger partial charge in [0.15, 0.2) is 18.1 Å². The molecule has 2 amide bonds. The van der Waals surface area contributed by atoms with Gasteiger partial charge in [0.2, 0.25) is 5.91 Å². The van der Waals surface area contributed by atoms with Crippen LogP contribution in [0.25, 0.3) is 0 Å². The summed E-state index contributed by atoms with van der Waals surface area (Å²) in [6, 6.07) is 29.1. The first-order valence-corrected chi connectivity index (χ1v) is 17.6. The van der Waals surface area contributed by atoms with E-state index in [1.807, 2.05) is 12.1 Å². The van der Waals surface area contributed by atoms with Gasteiger partial charge in [0.25, 0.3) is 15.9 Å². The largest absolute Gasteiger partial charge is 0.493 e. The first-order valence-electron chi connectivity index (χ1n) is 16.1. The van der Waals surface area contributed by atoms with E-state index in [9.17, 15) is 26.8 Å². The highest BCUT2D eigenvalue weighted by Crippen LogP contribution is 2.28. The molecule has 0 heterocycles. The molecule has 0 bridgehead atoms. The van der Waals surface area contributed by atoms with Crippen LogP contribution in [0.3, 0.4) is 0 Å². The zero-order valence-electron chi connectivity index (χ0n) is 28.4. The summed E-state index contributed by atoms with van der Waals surface area (Å²) in [5.41, 5.74) is 2.21. The molecule has 0 aliphatic rings. The number of rotatable bonds is 16. The Hall–Kier alpha value is -5.95. The normalized spacial score (nSPS) is 11.6. The Kier molecular flexibility index (Phi) is 12.4. The molecule has 0 aliphatic heterocycles. The number of carbonyl (C=O) groups excluding carboxylic acids is 2. The van der Waals surface area contributed by atoms with Crippen LogP contribution in [0.5, 0.6) is 17.2 Å². The van der Waals surface area contributed by atoms with Crippen molar-refractivity contribution in [3.05, 3.63) is 150 Å². The van der Waals surface area contributed by atoms with Crippen molar-refractivity contribution in [3.63, 3.8) is 0 Å². The van der Waals surface area contributed by atoms with E-state index >= 15 is 0 Å². The molecular weight excluding hydrogens is 693 g/mol. The van der Waals surface area contributed by atoms with Crippen LogP contribution >= 0.6 is 0 Å². The van der Waals surface area contributed by atoms with Gasteiger partial charge in [-0.2, -0.15) is 0 Å². The van der Waals surface area contributed by atoms with Gasteiger partial charge in [0.05, 0.1) is 19.1 Å². The molecule has 0 spiro atoms. The molecule has 0 saturated heterocycles. The quantitative estimate of drug-likeness (QED) is 0.122. The van der Waals surface area contributed by atoms with Crippen LogP contribution in [0.2, 0.25) is 0 Å². The SMILES string of the molecule is COc1ccc(CCNC(=O)[C@@H](c2ccccc2)N(Cc2ccc(F)cc2)C(=O)COc2ccc(S(=O)(=O)Nc3ccc(F)cc3)cc2)cc1OC. The number of hydrogen-bond acceptors (Lipinski definition) is 7. The monoisotopic (exact) mass is 729 g/mol. The van der Waals surface area contributed by atoms with Gasteiger partial charge >= 0.3 is 0 Å². The molecule has 52 heavy (non-hydrogen) atoms. The fraction of sp³-hybridized carbons (Fsp3) is 0.179. The van der Waals surface area contributed by atoms with Crippen molar-refractivity contribution in [1.82, 2.24) is 10.2 Å². The number of amides is 2. The number of ether oxygens (including phenoxy) is 3. The average molecular weight is 730 g/mol. The molecule has 0 aromatic heterocycles. The van der Waals surface area contributed by atoms with Crippen LogP contribution in [0, 0.1) is 11.6 Å². The molecule has 0 fully saturated rings. The highest BCUT2D eigenvalue weighted by molar-refractivity contribution is 7.92. The molecule has 0 aliphatic carbocycles. The Morgan fingerprint density at radius 1 is 0.750 bits per heavy atom. The molecule has 270 valence electrons. The van der Waals surface area contributed by atoms with Crippen molar-refractivity contribution in [2.75, 3.05) is 32.1 Å². The van der Waals surface area contributed by atoms with E-state index in [1.54, 1.807) is 50.6 Å². The highest BCUT2D eigenvalue weighted by Gasteiger charge is 2.32. The van der Waals surface area contributed by atoms with Gasteiger partial charge in [-0.15, -0.1) is 0 Å². The van der Waals surface area contributed by atoms with E-state index < -0.39 is 46.1 Å². The van der Waals surface area contributed by atoms with Crippen molar-refractivity contribution in [2.24, 2.45) is 0 Å². The Morgan fingerprint density at radius 2 is 1.37 bits per heavy atom. The summed E-state index contributed by atoms with van der Waals surface area (Å²) in [5.74, 6) is -0.605. The fourth-order valence-electron chi connectivity index (χ4n) is 5.36. The van der Waals surface area contributed by atoms with Crippen LogP contribution in [0.1, 0.15) is 22.7 Å². The van der Waals surface area contributed by atoms with Gasteiger partial charge in [-0.25, -0.2) is 17.2 Å². The lowest BCUT2D eigenvalue weighted by Crippen LogP contribution is -2.45. The first-order chi connectivity index (χ1) is 25.1. The summed E-state index contributed by atoms with van der Waals surface area (Å²) < 4.78 is 71.6. The number of halogens is 2. The van der Waals surface area contributed by atoms with E-state index in [0.29, 0.717) is 29.0 Å². The van der Waals surface area contributed by atoms with Gasteiger partial charge in [0, 0.05) is 18.8 Å². The molecule has 5 aromatic carbocycles.